The molecule has 0 saturated carbocycles. The first kappa shape index (κ1) is 31.1. The van der Waals surface area contributed by atoms with Crippen molar-refractivity contribution in [1.82, 2.24) is 5.32 Å². The number of nitrogens with one attached hydrogen (secondary N) is 1. The van der Waals surface area contributed by atoms with Gasteiger partial charge in [0.05, 0.1) is 52.4 Å². The zero-order chi connectivity index (χ0) is 29.7. The summed E-state index contributed by atoms with van der Waals surface area (Å²) >= 11 is 0. The Morgan fingerprint density at radius 2 is 1.49 bits per heavy atom. The summed E-state index contributed by atoms with van der Waals surface area (Å²) in [6, 6.07) is 31.3. The summed E-state index contributed by atoms with van der Waals surface area (Å²) in [5.74, 6) is 1.21. The van der Waals surface area contributed by atoms with Gasteiger partial charge >= 0.3 is 0 Å². The van der Waals surface area contributed by atoms with Crippen LogP contribution in [0.25, 0.3) is 10.8 Å². The molecule has 3 unspecified atom stereocenters. The smallest absolute Gasteiger partial charge is 0.119 e. The largest absolute Gasteiger partial charge is 0.494 e. The summed E-state index contributed by atoms with van der Waals surface area (Å²) in [6.07, 6.45) is 1.12. The molecule has 7 heteroatoms. The van der Waals surface area contributed by atoms with Crippen LogP contribution in [0.3, 0.4) is 0 Å². The van der Waals surface area contributed by atoms with Crippen LogP contribution in [0.15, 0.2) is 91.0 Å². The van der Waals surface area contributed by atoms with Crippen molar-refractivity contribution < 1.29 is 29.2 Å². The zero-order valence-corrected chi connectivity index (χ0v) is 24.7. The summed E-state index contributed by atoms with van der Waals surface area (Å²) in [7, 11) is 0. The lowest BCUT2D eigenvalue weighted by Crippen LogP contribution is -2.40. The summed E-state index contributed by atoms with van der Waals surface area (Å²) in [4.78, 5) is 0. The Hall–Kier alpha value is -3.30. The van der Waals surface area contributed by atoms with Crippen LogP contribution in [-0.4, -0.2) is 61.9 Å². The highest BCUT2D eigenvalue weighted by atomic mass is 16.5. The SMILES string of the molecule is OCC(O)COCc1ccc2cc(COC3CNCCC3c3ccc(OCCCOCc4ccccc4)cc3)ccc2c1. The van der Waals surface area contributed by atoms with Crippen molar-refractivity contribution in [2.24, 2.45) is 0 Å². The summed E-state index contributed by atoms with van der Waals surface area (Å²) in [6.45, 7) is 4.50. The fraction of sp³-hybridized carbons (Fsp3) is 0.389. The lowest BCUT2D eigenvalue weighted by atomic mass is 9.87. The monoisotopic (exact) mass is 585 g/mol. The quantitative estimate of drug-likeness (QED) is 0.153. The van der Waals surface area contributed by atoms with E-state index >= 15 is 0 Å². The Labute approximate surface area is 254 Å². The molecule has 7 nitrogen and oxygen atoms in total. The van der Waals surface area contributed by atoms with Gasteiger partial charge in [0.2, 0.25) is 0 Å². The molecule has 5 rings (SSSR count). The van der Waals surface area contributed by atoms with Crippen LogP contribution < -0.4 is 10.1 Å². The molecule has 4 aromatic rings. The molecular formula is C36H43NO6. The van der Waals surface area contributed by atoms with Crippen LogP contribution in [0.4, 0.5) is 0 Å². The van der Waals surface area contributed by atoms with Crippen LogP contribution >= 0.6 is 0 Å². The Bertz CT molecular complexity index is 1380. The summed E-state index contributed by atoms with van der Waals surface area (Å²) in [5.41, 5.74) is 4.64. The lowest BCUT2D eigenvalue weighted by molar-refractivity contribution is 0.0000498. The highest BCUT2D eigenvalue weighted by Crippen LogP contribution is 2.30. The number of hydrogen-bond acceptors (Lipinski definition) is 7. The van der Waals surface area contributed by atoms with E-state index in [-0.39, 0.29) is 19.3 Å². The molecule has 0 bridgehead atoms. The number of aliphatic hydroxyl groups is 2. The summed E-state index contributed by atoms with van der Waals surface area (Å²) < 4.78 is 23.7. The van der Waals surface area contributed by atoms with E-state index in [1.165, 1.54) is 11.1 Å². The van der Waals surface area contributed by atoms with Crippen molar-refractivity contribution in [2.75, 3.05) is 39.5 Å². The molecule has 0 aliphatic carbocycles. The third-order valence-corrected chi connectivity index (χ3v) is 7.77. The number of hydrogen-bond donors (Lipinski definition) is 3. The van der Waals surface area contributed by atoms with Gasteiger partial charge in [-0.05, 0) is 70.3 Å². The predicted molar refractivity (Wildman–Crippen MR) is 168 cm³/mol. The van der Waals surface area contributed by atoms with Gasteiger partial charge < -0.3 is 34.5 Å². The first-order chi connectivity index (χ1) is 21.2. The normalized spacial score (nSPS) is 17.6. The molecule has 228 valence electrons. The lowest BCUT2D eigenvalue weighted by Gasteiger charge is -2.32. The topological polar surface area (TPSA) is 89.4 Å². The summed E-state index contributed by atoms with van der Waals surface area (Å²) in [5, 5.41) is 24.2. The third-order valence-electron chi connectivity index (χ3n) is 7.77. The van der Waals surface area contributed by atoms with Crippen LogP contribution in [0.1, 0.15) is 41.0 Å². The number of rotatable bonds is 16. The molecule has 1 aliphatic rings. The fourth-order valence-corrected chi connectivity index (χ4v) is 5.41. The Morgan fingerprint density at radius 3 is 2.23 bits per heavy atom. The van der Waals surface area contributed by atoms with Gasteiger partial charge in [0.1, 0.15) is 11.9 Å². The van der Waals surface area contributed by atoms with Crippen LogP contribution in [-0.2, 0) is 34.0 Å². The van der Waals surface area contributed by atoms with Crippen molar-refractivity contribution >= 4 is 10.8 Å². The predicted octanol–water partition coefficient (Wildman–Crippen LogP) is 5.36. The van der Waals surface area contributed by atoms with Crippen molar-refractivity contribution in [3.05, 3.63) is 113 Å². The fourth-order valence-electron chi connectivity index (χ4n) is 5.41. The van der Waals surface area contributed by atoms with E-state index in [0.717, 1.165) is 53.6 Å². The van der Waals surface area contributed by atoms with Crippen molar-refractivity contribution in [1.29, 1.82) is 0 Å². The number of fused-ring (bicyclic) bond motifs is 1. The Balaban J connectivity index is 1.08. The number of aliphatic hydroxyl groups excluding tert-OH is 2. The molecule has 43 heavy (non-hydrogen) atoms. The van der Waals surface area contributed by atoms with E-state index in [4.69, 9.17) is 24.1 Å². The molecule has 0 amide bonds. The second-order valence-corrected chi connectivity index (χ2v) is 11.1. The van der Waals surface area contributed by atoms with Gasteiger partial charge in [-0.15, -0.1) is 0 Å². The number of benzene rings is 4. The van der Waals surface area contributed by atoms with Crippen LogP contribution in [0.2, 0.25) is 0 Å². The van der Waals surface area contributed by atoms with Gasteiger partial charge in [-0.1, -0.05) is 66.7 Å². The molecule has 3 atom stereocenters. The maximum atomic E-state index is 9.45. The molecule has 0 radical (unpaired) electrons. The van der Waals surface area contributed by atoms with E-state index in [1.807, 2.05) is 24.3 Å². The van der Waals surface area contributed by atoms with Crippen LogP contribution in [0, 0.1) is 0 Å². The van der Waals surface area contributed by atoms with Gasteiger partial charge in [0, 0.05) is 18.9 Å². The van der Waals surface area contributed by atoms with Gasteiger partial charge in [0.25, 0.3) is 0 Å². The van der Waals surface area contributed by atoms with Crippen molar-refractivity contribution in [3.8, 4) is 5.75 Å². The average Bonchev–Trinajstić information content (AvgIpc) is 3.06. The van der Waals surface area contributed by atoms with Crippen LogP contribution in [0.5, 0.6) is 5.75 Å². The minimum Gasteiger partial charge on any atom is -0.494 e. The van der Waals surface area contributed by atoms with E-state index in [2.05, 4.69) is 72.0 Å². The number of piperidine rings is 1. The molecule has 3 N–H and O–H groups in total. The number of ether oxygens (including phenoxy) is 4. The second kappa shape index (κ2) is 16.5. The Kier molecular flexibility index (Phi) is 12.0. The Morgan fingerprint density at radius 1 is 0.767 bits per heavy atom. The molecule has 1 saturated heterocycles. The first-order valence-electron chi connectivity index (χ1n) is 15.2. The maximum absolute atomic E-state index is 9.45. The standard InChI is InChI=1S/C36H43NO6/c38-22-33(39)26-41-24-28-7-9-32-20-29(8-10-31(32)19-28)25-43-36-21-37-16-15-35(36)30-11-13-34(14-12-30)42-18-4-17-40-23-27-5-2-1-3-6-27/h1-3,5-14,19-20,33,35-39H,4,15-18,21-26H2. The van der Waals surface area contributed by atoms with E-state index in [9.17, 15) is 5.11 Å². The highest BCUT2D eigenvalue weighted by Gasteiger charge is 2.27. The van der Waals surface area contributed by atoms with E-state index in [1.54, 1.807) is 0 Å². The van der Waals surface area contributed by atoms with Gasteiger partial charge in [-0.3, -0.25) is 0 Å². The minimum absolute atomic E-state index is 0.0896. The van der Waals surface area contributed by atoms with Gasteiger partial charge in [-0.25, -0.2) is 0 Å². The molecule has 0 aromatic heterocycles. The zero-order valence-electron chi connectivity index (χ0n) is 24.7. The van der Waals surface area contributed by atoms with Crippen molar-refractivity contribution in [2.45, 2.75) is 50.8 Å². The second-order valence-electron chi connectivity index (χ2n) is 11.1. The molecule has 4 aromatic carbocycles. The minimum atomic E-state index is -0.845. The molecule has 1 aliphatic heterocycles. The highest BCUT2D eigenvalue weighted by molar-refractivity contribution is 5.83. The maximum Gasteiger partial charge on any atom is 0.119 e. The van der Waals surface area contributed by atoms with E-state index in [0.29, 0.717) is 39.0 Å². The third kappa shape index (κ3) is 9.60. The molecule has 1 fully saturated rings. The van der Waals surface area contributed by atoms with E-state index < -0.39 is 6.10 Å². The van der Waals surface area contributed by atoms with Gasteiger partial charge in [-0.2, -0.15) is 0 Å². The first-order valence-corrected chi connectivity index (χ1v) is 15.2. The van der Waals surface area contributed by atoms with Crippen molar-refractivity contribution in [3.63, 3.8) is 0 Å². The van der Waals surface area contributed by atoms with Gasteiger partial charge in [0.15, 0.2) is 0 Å². The molecule has 0 spiro atoms. The molecular weight excluding hydrogens is 542 g/mol. The molecule has 1 heterocycles. The average molecular weight is 586 g/mol.